The van der Waals surface area contributed by atoms with Gasteiger partial charge in [-0.25, -0.2) is 0 Å². The monoisotopic (exact) mass is 1230 g/mol. The van der Waals surface area contributed by atoms with Gasteiger partial charge in [0.15, 0.2) is 25.2 Å². The van der Waals surface area contributed by atoms with Crippen molar-refractivity contribution in [2.24, 2.45) is 0 Å². The van der Waals surface area contributed by atoms with Gasteiger partial charge in [0.1, 0.15) is 97.6 Å². The summed E-state index contributed by atoms with van der Waals surface area (Å²) >= 11 is 0. The van der Waals surface area contributed by atoms with E-state index in [1.54, 1.807) is 6.08 Å². The van der Waals surface area contributed by atoms with Crippen molar-refractivity contribution in [3.63, 3.8) is 0 Å². The van der Waals surface area contributed by atoms with Crippen LogP contribution in [0.15, 0.2) is 12.2 Å². The van der Waals surface area contributed by atoms with Crippen LogP contribution in [0.5, 0.6) is 0 Å². The van der Waals surface area contributed by atoms with Gasteiger partial charge in [0.05, 0.1) is 45.2 Å². The molecule has 85 heavy (non-hydrogen) atoms. The van der Waals surface area contributed by atoms with E-state index in [-0.39, 0.29) is 12.3 Å². The van der Waals surface area contributed by atoms with Crippen LogP contribution < -0.4 is 10.6 Å². The molecule has 4 aliphatic heterocycles. The molecule has 2 amide bonds. The summed E-state index contributed by atoms with van der Waals surface area (Å²) < 4.78 is 46.4. The molecule has 0 aromatic rings. The number of hydrogen-bond acceptors (Lipinski definition) is 23. The predicted molar refractivity (Wildman–Crippen MR) is 308 cm³/mol. The highest BCUT2D eigenvalue weighted by Gasteiger charge is 2.56. The van der Waals surface area contributed by atoms with Crippen molar-refractivity contribution in [1.82, 2.24) is 10.6 Å². The van der Waals surface area contributed by atoms with Gasteiger partial charge in [-0.15, -0.1) is 0 Å². The molecule has 0 radical (unpaired) electrons. The van der Waals surface area contributed by atoms with Crippen LogP contribution in [0.2, 0.25) is 0 Å². The number of carbonyl (C=O) groups excluding carboxylic acids is 2. The van der Waals surface area contributed by atoms with Crippen LogP contribution in [0.25, 0.3) is 0 Å². The molecule has 0 saturated carbocycles. The molecule has 4 heterocycles. The molecular formula is C60H110N2O23. The van der Waals surface area contributed by atoms with Gasteiger partial charge >= 0.3 is 0 Å². The number of aliphatic hydroxyl groups excluding tert-OH is 13. The molecule has 0 aromatic heterocycles. The van der Waals surface area contributed by atoms with Crippen LogP contribution in [0.4, 0.5) is 0 Å². The number of ether oxygens (including phenoxy) is 8. The Bertz CT molecular complexity index is 1790. The van der Waals surface area contributed by atoms with Crippen molar-refractivity contribution in [2.75, 3.05) is 33.0 Å². The molecule has 4 aliphatic rings. The average molecular weight is 1230 g/mol. The Kier molecular flexibility index (Phi) is 37.2. The maximum atomic E-state index is 13.3. The summed E-state index contributed by atoms with van der Waals surface area (Å²) in [4.78, 5) is 25.4. The van der Waals surface area contributed by atoms with E-state index in [4.69, 9.17) is 37.9 Å². The molecule has 4 rings (SSSR count). The van der Waals surface area contributed by atoms with Gasteiger partial charge in [-0.05, 0) is 19.3 Å². The van der Waals surface area contributed by atoms with Gasteiger partial charge in [0.2, 0.25) is 11.8 Å². The Morgan fingerprint density at radius 1 is 0.459 bits per heavy atom. The van der Waals surface area contributed by atoms with Crippen molar-refractivity contribution in [1.29, 1.82) is 0 Å². The second-order valence-electron chi connectivity index (χ2n) is 23.6. The first-order valence-corrected chi connectivity index (χ1v) is 31.9. The molecule has 0 aromatic carbocycles. The highest BCUT2D eigenvalue weighted by molar-refractivity contribution is 5.76. The quantitative estimate of drug-likeness (QED) is 0.0299. The van der Waals surface area contributed by atoms with Crippen LogP contribution in [0.3, 0.4) is 0 Å². The van der Waals surface area contributed by atoms with Gasteiger partial charge in [-0.3, -0.25) is 9.59 Å². The molecule has 4 fully saturated rings. The predicted octanol–water partition coefficient (Wildman–Crippen LogP) is 1.00. The van der Waals surface area contributed by atoms with E-state index < -0.39 is 174 Å². The maximum Gasteiger partial charge on any atom is 0.220 e. The van der Waals surface area contributed by atoms with E-state index in [1.807, 2.05) is 6.08 Å². The van der Waals surface area contributed by atoms with E-state index >= 15 is 0 Å². The summed E-state index contributed by atoms with van der Waals surface area (Å²) in [7, 11) is 0. The average Bonchev–Trinajstić information content (AvgIpc) is 1.93. The minimum absolute atomic E-state index is 0.218. The fourth-order valence-corrected chi connectivity index (χ4v) is 11.4. The molecule has 4 saturated heterocycles. The SMILES string of the molecule is CCCCCCCCCCCCC/C=C/[C@@H](O)[C@H](CO[C@@H]1O[C@H](CO)[C@@H](O[C@@H]2O[C@H](CO)[C@H](O[C@H]3O[C@H](CO)[C@H](O)[C@H](O[C@@H]4O[C@H](CO)[C@H](O)[C@H](O)[C@H]4NC(C)=O)[C@H]3O)[C@H](O)[C@H]2O)[C@H](O)C1O)NC(=O)CCCCCCCCCCCCCCC. The molecular weight excluding hydrogens is 1120 g/mol. The highest BCUT2D eigenvalue weighted by atomic mass is 16.8. The standard InChI is InChI=1S/C60H110N2O23/c1-4-6-8-10-12-14-16-18-20-22-24-26-28-30-39(68)38(62-44(69)31-29-27-25-23-21-19-17-15-13-11-9-7-5-2)36-78-58-51(75)49(73)54(42(34-65)81-58)83-59-52(76)50(74)55(43(35-66)82-59)84-60-53(77)56(47(71)41(33-64)80-60)85-57-45(61-37(3)67)48(72)46(70)40(32-63)79-57/h28,30,38-43,45-60,63-66,68,70-77H,4-27,29,31-36H2,1-3H3,(H,61,67)(H,62,69)/b30-28+/t38-,39+,40+,41+,42+,43+,45+,46-,47-,48+,49+,50+,51?,52+,53+,54+,55-,56-,57-,58+,59-,60+/m0/s1. The first-order valence-electron chi connectivity index (χ1n) is 31.9. The molecule has 0 aliphatic carbocycles. The Morgan fingerprint density at radius 3 is 1.34 bits per heavy atom. The van der Waals surface area contributed by atoms with Crippen LogP contribution >= 0.6 is 0 Å². The molecule has 25 heteroatoms. The largest absolute Gasteiger partial charge is 0.394 e. The molecule has 1 unspecified atom stereocenters. The Hall–Kier alpha value is -2.16. The second kappa shape index (κ2) is 42.0. The molecule has 15 N–H and O–H groups in total. The third-order valence-electron chi connectivity index (χ3n) is 16.6. The fraction of sp³-hybridized carbons (Fsp3) is 0.933. The lowest BCUT2D eigenvalue weighted by molar-refractivity contribution is -0.386. The topological polar surface area (TPSA) is 395 Å². The van der Waals surface area contributed by atoms with Crippen molar-refractivity contribution in [2.45, 2.75) is 323 Å². The molecule has 0 bridgehead atoms. The van der Waals surface area contributed by atoms with E-state index in [9.17, 15) is 76.0 Å². The van der Waals surface area contributed by atoms with Gasteiger partial charge in [0, 0.05) is 13.3 Å². The summed E-state index contributed by atoms with van der Waals surface area (Å²) in [5.41, 5.74) is 0. The minimum Gasteiger partial charge on any atom is -0.394 e. The number of nitrogens with one attached hydrogen (secondary N) is 2. The first kappa shape index (κ1) is 75.3. The third kappa shape index (κ3) is 24.9. The van der Waals surface area contributed by atoms with Crippen LogP contribution in [-0.2, 0) is 47.5 Å². The number of amides is 2. The van der Waals surface area contributed by atoms with Crippen LogP contribution in [-0.4, -0.2) is 246 Å². The summed E-state index contributed by atoms with van der Waals surface area (Å²) in [6, 6.07) is -2.53. The fourth-order valence-electron chi connectivity index (χ4n) is 11.4. The summed E-state index contributed by atoms with van der Waals surface area (Å²) in [6.07, 6.45) is -2.78. The Balaban J connectivity index is 1.35. The van der Waals surface area contributed by atoms with Crippen molar-refractivity contribution in [3.8, 4) is 0 Å². The van der Waals surface area contributed by atoms with Crippen LogP contribution in [0, 0.1) is 0 Å². The zero-order valence-corrected chi connectivity index (χ0v) is 50.7. The molecule has 22 atom stereocenters. The summed E-state index contributed by atoms with van der Waals surface area (Å²) in [5, 5.41) is 147. The lowest BCUT2D eigenvalue weighted by Gasteiger charge is -2.49. The van der Waals surface area contributed by atoms with Crippen LogP contribution in [0.1, 0.15) is 188 Å². The minimum atomic E-state index is -2.09. The van der Waals surface area contributed by atoms with Gasteiger partial charge in [0.25, 0.3) is 0 Å². The summed E-state index contributed by atoms with van der Waals surface area (Å²) in [6.45, 7) is 1.60. The Morgan fingerprint density at radius 2 is 0.859 bits per heavy atom. The lowest BCUT2D eigenvalue weighted by Crippen LogP contribution is -2.69. The van der Waals surface area contributed by atoms with Gasteiger partial charge < -0.3 is 115 Å². The maximum absolute atomic E-state index is 13.3. The second-order valence-corrected chi connectivity index (χ2v) is 23.6. The Labute approximate surface area is 502 Å². The number of aliphatic hydroxyl groups is 13. The van der Waals surface area contributed by atoms with E-state index in [2.05, 4.69) is 24.5 Å². The normalized spacial score (nSPS) is 34.4. The highest BCUT2D eigenvalue weighted by Crippen LogP contribution is 2.35. The zero-order valence-electron chi connectivity index (χ0n) is 50.7. The number of unbranched alkanes of at least 4 members (excludes halogenated alkanes) is 23. The van der Waals surface area contributed by atoms with Gasteiger partial charge in [-0.2, -0.15) is 0 Å². The summed E-state index contributed by atoms with van der Waals surface area (Å²) in [5.74, 6) is -1.00. The van der Waals surface area contributed by atoms with Gasteiger partial charge in [-0.1, -0.05) is 167 Å². The van der Waals surface area contributed by atoms with E-state index in [1.165, 1.54) is 103 Å². The smallest absolute Gasteiger partial charge is 0.220 e. The third-order valence-corrected chi connectivity index (χ3v) is 16.6. The van der Waals surface area contributed by atoms with Crippen molar-refractivity contribution >= 4 is 11.8 Å². The number of rotatable bonds is 43. The molecule has 25 nitrogen and oxygen atoms in total. The van der Waals surface area contributed by atoms with E-state index in [0.717, 1.165) is 51.9 Å². The zero-order chi connectivity index (χ0) is 62.3. The van der Waals surface area contributed by atoms with Crippen molar-refractivity contribution < 1.29 is 114 Å². The van der Waals surface area contributed by atoms with Crippen molar-refractivity contribution in [3.05, 3.63) is 12.2 Å². The first-order chi connectivity index (χ1) is 41.0. The number of carbonyl (C=O) groups is 2. The molecule has 498 valence electrons. The lowest BCUT2D eigenvalue weighted by atomic mass is 9.95. The molecule has 0 spiro atoms. The number of hydrogen-bond donors (Lipinski definition) is 15. The number of allylic oxidation sites excluding steroid dienone is 1. The van der Waals surface area contributed by atoms with E-state index in [0.29, 0.717) is 12.8 Å².